The summed E-state index contributed by atoms with van der Waals surface area (Å²) in [7, 11) is 0. The van der Waals surface area contributed by atoms with Crippen molar-refractivity contribution in [2.75, 3.05) is 11.5 Å². The topological polar surface area (TPSA) is 83.5 Å². The molecule has 0 bridgehead atoms. The maximum Gasteiger partial charge on any atom is 0.0317 e. The zero-order chi connectivity index (χ0) is 11.7. The summed E-state index contributed by atoms with van der Waals surface area (Å²) in [6.45, 7) is 4.14. The van der Waals surface area contributed by atoms with E-state index in [4.69, 9.17) is 11.5 Å². The molecule has 0 atom stereocenters. The summed E-state index contributed by atoms with van der Waals surface area (Å²) in [5.41, 5.74) is 17.9. The molecular weight excluding hydrogens is 283 g/mol. The number of hydrogen-bond acceptors (Lipinski definition) is 2. The maximum atomic E-state index is 5.75. The lowest BCUT2D eigenvalue weighted by atomic mass is 9.96. The Hall–Kier alpha value is -1.42. The van der Waals surface area contributed by atoms with E-state index in [0.717, 1.165) is 11.4 Å². The van der Waals surface area contributed by atoms with Crippen molar-refractivity contribution in [2.45, 2.75) is 13.8 Å². The molecule has 0 unspecified atom stereocenters. The lowest BCUT2D eigenvalue weighted by Crippen LogP contribution is -1.92. The van der Waals surface area contributed by atoms with Gasteiger partial charge in [0, 0.05) is 11.4 Å². The second kappa shape index (κ2) is 7.89. The molecule has 0 aliphatic carbocycles. The first-order valence-electron chi connectivity index (χ1n) is 5.30. The van der Waals surface area contributed by atoms with E-state index in [2.05, 4.69) is 26.0 Å². The molecule has 0 heterocycles. The van der Waals surface area contributed by atoms with E-state index in [0.29, 0.717) is 0 Å². The Bertz CT molecular complexity index is 495. The Kier molecular flexibility index (Phi) is 8.27. The third kappa shape index (κ3) is 4.31. The van der Waals surface area contributed by atoms with E-state index in [1.54, 1.807) is 0 Å². The number of rotatable bonds is 1. The third-order valence-corrected chi connectivity index (χ3v) is 2.79. The van der Waals surface area contributed by atoms with E-state index < -0.39 is 0 Å². The molecule has 3 nitrogen and oxygen atoms in total. The average molecular weight is 303 g/mol. The number of aryl methyl sites for hydroxylation is 2. The number of nitrogen functional groups attached to an aromatic ring is 2. The van der Waals surface area contributed by atoms with Gasteiger partial charge in [-0.3, -0.25) is 0 Å². The van der Waals surface area contributed by atoms with Gasteiger partial charge in [0.2, 0.25) is 0 Å². The summed E-state index contributed by atoms with van der Waals surface area (Å²) in [6, 6.07) is 12.0. The smallest absolute Gasteiger partial charge is 0.0317 e. The summed E-state index contributed by atoms with van der Waals surface area (Å²) in [5, 5.41) is 0. The van der Waals surface area contributed by atoms with Crippen molar-refractivity contribution in [3.63, 3.8) is 0 Å². The number of anilines is 2. The zero-order valence-electron chi connectivity index (χ0n) is 10.9. The van der Waals surface area contributed by atoms with Crippen LogP contribution < -0.4 is 11.5 Å². The minimum absolute atomic E-state index is 0. The highest BCUT2D eigenvalue weighted by atomic mass is 35.5. The van der Waals surface area contributed by atoms with Crippen molar-refractivity contribution in [3.8, 4) is 11.1 Å². The van der Waals surface area contributed by atoms with Gasteiger partial charge in [-0.15, -0.1) is 24.8 Å². The molecule has 0 radical (unpaired) electrons. The lowest BCUT2D eigenvalue weighted by molar-refractivity contribution is 0.824. The molecule has 0 spiro atoms. The van der Waals surface area contributed by atoms with Gasteiger partial charge < -0.3 is 16.9 Å². The first kappa shape index (κ1) is 19.9. The van der Waals surface area contributed by atoms with Crippen LogP contribution in [0.25, 0.3) is 11.1 Å². The molecule has 6 N–H and O–H groups in total. The molecule has 0 amide bonds. The van der Waals surface area contributed by atoms with Crippen molar-refractivity contribution in [1.29, 1.82) is 0 Å². The molecule has 0 saturated heterocycles. The fourth-order valence-corrected chi connectivity index (χ4v) is 1.98. The normalized spacial score (nSPS) is 8.74. The van der Waals surface area contributed by atoms with Crippen molar-refractivity contribution < 1.29 is 5.48 Å². The monoisotopic (exact) mass is 302 g/mol. The molecule has 19 heavy (non-hydrogen) atoms. The van der Waals surface area contributed by atoms with Gasteiger partial charge in [-0.1, -0.05) is 12.1 Å². The van der Waals surface area contributed by atoms with Gasteiger partial charge in [-0.05, 0) is 60.4 Å². The fourth-order valence-electron chi connectivity index (χ4n) is 1.98. The van der Waals surface area contributed by atoms with Gasteiger partial charge in [0.15, 0.2) is 0 Å². The first-order valence-corrected chi connectivity index (χ1v) is 5.30. The van der Waals surface area contributed by atoms with E-state index in [9.17, 15) is 0 Å². The van der Waals surface area contributed by atoms with Crippen LogP contribution in [0.4, 0.5) is 11.4 Å². The van der Waals surface area contributed by atoms with Crippen LogP contribution in [-0.4, -0.2) is 5.48 Å². The molecular formula is C14H20Cl2N2O. The highest BCUT2D eigenvalue weighted by Crippen LogP contribution is 2.28. The Labute approximate surface area is 126 Å². The fraction of sp³-hybridized carbons (Fsp3) is 0.143. The number of nitrogens with two attached hydrogens (primary N) is 2. The SMILES string of the molecule is Cc1cc(N)ccc1-c1ccc(N)cc1C.Cl.Cl.O. The Morgan fingerprint density at radius 1 is 0.684 bits per heavy atom. The van der Waals surface area contributed by atoms with Gasteiger partial charge in [0.1, 0.15) is 0 Å². The minimum Gasteiger partial charge on any atom is -0.412 e. The van der Waals surface area contributed by atoms with Crippen molar-refractivity contribution in [1.82, 2.24) is 0 Å². The summed E-state index contributed by atoms with van der Waals surface area (Å²) < 4.78 is 0. The lowest BCUT2D eigenvalue weighted by Gasteiger charge is -2.10. The van der Waals surface area contributed by atoms with E-state index >= 15 is 0 Å². The minimum atomic E-state index is 0. The molecule has 2 aromatic rings. The van der Waals surface area contributed by atoms with E-state index in [-0.39, 0.29) is 30.3 Å². The first-order chi connectivity index (χ1) is 7.58. The van der Waals surface area contributed by atoms with Crippen LogP contribution in [0, 0.1) is 13.8 Å². The average Bonchev–Trinajstić information content (AvgIpc) is 2.19. The van der Waals surface area contributed by atoms with E-state index in [1.165, 1.54) is 22.3 Å². The quantitative estimate of drug-likeness (QED) is 0.793. The van der Waals surface area contributed by atoms with E-state index in [1.807, 2.05) is 24.3 Å². The summed E-state index contributed by atoms with van der Waals surface area (Å²) in [6.07, 6.45) is 0. The molecule has 0 fully saturated rings. The number of benzene rings is 2. The van der Waals surface area contributed by atoms with Crippen LogP contribution in [-0.2, 0) is 0 Å². The molecule has 2 rings (SSSR count). The molecule has 0 aliphatic heterocycles. The van der Waals surface area contributed by atoms with Crippen molar-refractivity contribution in [2.24, 2.45) is 0 Å². The standard InChI is InChI=1S/C14H16N2.2ClH.H2O/c1-9-7-11(15)3-5-13(9)14-6-4-12(16)8-10(14)2;;;/h3-8H,15-16H2,1-2H3;2*1H;1H2. The third-order valence-electron chi connectivity index (χ3n) is 2.79. The van der Waals surface area contributed by atoms with Crippen LogP contribution in [0.2, 0.25) is 0 Å². The summed E-state index contributed by atoms with van der Waals surface area (Å²) >= 11 is 0. The second-order valence-corrected chi connectivity index (χ2v) is 4.15. The van der Waals surface area contributed by atoms with Crippen LogP contribution >= 0.6 is 24.8 Å². The molecule has 0 aromatic heterocycles. The zero-order valence-corrected chi connectivity index (χ0v) is 12.6. The molecule has 0 aliphatic rings. The van der Waals surface area contributed by atoms with Gasteiger partial charge in [-0.2, -0.15) is 0 Å². The summed E-state index contributed by atoms with van der Waals surface area (Å²) in [5.74, 6) is 0. The highest BCUT2D eigenvalue weighted by molar-refractivity contribution is 5.85. The number of hydrogen-bond donors (Lipinski definition) is 2. The van der Waals surface area contributed by atoms with Crippen LogP contribution in [0.3, 0.4) is 0 Å². The Morgan fingerprint density at radius 3 is 1.26 bits per heavy atom. The molecule has 5 heteroatoms. The van der Waals surface area contributed by atoms with Crippen LogP contribution in [0.5, 0.6) is 0 Å². The van der Waals surface area contributed by atoms with Gasteiger partial charge in [-0.25, -0.2) is 0 Å². The van der Waals surface area contributed by atoms with Gasteiger partial charge >= 0.3 is 0 Å². The largest absolute Gasteiger partial charge is 0.412 e. The maximum absolute atomic E-state index is 5.75. The summed E-state index contributed by atoms with van der Waals surface area (Å²) in [4.78, 5) is 0. The van der Waals surface area contributed by atoms with Crippen LogP contribution in [0.1, 0.15) is 11.1 Å². The highest BCUT2D eigenvalue weighted by Gasteiger charge is 2.05. The Balaban J connectivity index is 0. The van der Waals surface area contributed by atoms with Crippen LogP contribution in [0.15, 0.2) is 36.4 Å². The van der Waals surface area contributed by atoms with Gasteiger partial charge in [0.05, 0.1) is 0 Å². The van der Waals surface area contributed by atoms with Crippen molar-refractivity contribution in [3.05, 3.63) is 47.5 Å². The predicted octanol–water partition coefficient (Wildman–Crippen LogP) is 3.15. The predicted molar refractivity (Wildman–Crippen MR) is 88.3 cm³/mol. The molecule has 2 aromatic carbocycles. The molecule has 0 saturated carbocycles. The molecule has 106 valence electrons. The number of halogens is 2. The Morgan fingerprint density at radius 2 is 1.00 bits per heavy atom. The second-order valence-electron chi connectivity index (χ2n) is 4.15. The van der Waals surface area contributed by atoms with Crippen molar-refractivity contribution >= 4 is 36.2 Å². The van der Waals surface area contributed by atoms with Gasteiger partial charge in [0.25, 0.3) is 0 Å².